The van der Waals surface area contributed by atoms with E-state index < -0.39 is 29.2 Å². The highest BCUT2D eigenvalue weighted by molar-refractivity contribution is 5.94. The second-order valence-corrected chi connectivity index (χ2v) is 9.42. The summed E-state index contributed by atoms with van der Waals surface area (Å²) in [4.78, 5) is 23.2. The van der Waals surface area contributed by atoms with Crippen LogP contribution in [0.15, 0.2) is 41.1 Å². The molecule has 1 aliphatic rings. The van der Waals surface area contributed by atoms with E-state index in [0.717, 1.165) is 68.0 Å². The van der Waals surface area contributed by atoms with Gasteiger partial charge in [0.25, 0.3) is 5.91 Å². The van der Waals surface area contributed by atoms with Gasteiger partial charge in [0, 0.05) is 44.2 Å². The summed E-state index contributed by atoms with van der Waals surface area (Å²) in [6, 6.07) is 5.84. The number of hydrogen-bond donors (Lipinski definition) is 2. The van der Waals surface area contributed by atoms with Crippen molar-refractivity contribution in [3.8, 4) is 17.1 Å². The molecule has 4 rings (SSSR count). The SMILES string of the molecule is Cc1ccc(-c2cnc(N3CCC(CCCOc4cc(F)c(C(=O)NC[C@@H](C)O)c(F)c4)CC3)nc2)o1. The second-order valence-electron chi connectivity index (χ2n) is 9.42. The Bertz CT molecular complexity index is 1170. The molecular weight excluding hydrogens is 482 g/mol. The van der Waals surface area contributed by atoms with Crippen LogP contribution in [-0.4, -0.2) is 53.3 Å². The molecule has 0 radical (unpaired) electrons. The van der Waals surface area contributed by atoms with Crippen molar-refractivity contribution in [1.29, 1.82) is 0 Å². The van der Waals surface area contributed by atoms with E-state index in [1.54, 1.807) is 12.4 Å². The number of carbonyl (C=O) groups excluding carboxylic acids is 1. The van der Waals surface area contributed by atoms with Crippen molar-refractivity contribution in [3.63, 3.8) is 0 Å². The van der Waals surface area contributed by atoms with E-state index in [2.05, 4.69) is 20.2 Å². The number of furan rings is 1. The molecule has 10 heteroatoms. The van der Waals surface area contributed by atoms with Crippen LogP contribution in [0.5, 0.6) is 5.75 Å². The standard InChI is InChI=1S/C27H32F2N4O4/c1-17(34)14-30-26(35)25-22(28)12-21(13-23(25)29)36-11-3-4-19-7-9-33(10-8-19)27-31-15-20(16-32-27)24-6-5-18(2)37-24/h5-6,12-13,15-17,19,34H,3-4,7-11,14H2,1-2H3,(H,30,35)/t17-/m1/s1. The smallest absolute Gasteiger partial charge is 0.257 e. The van der Waals surface area contributed by atoms with E-state index in [9.17, 15) is 18.7 Å². The number of aliphatic hydroxyl groups excluding tert-OH is 1. The average molecular weight is 515 g/mol. The predicted molar refractivity (Wildman–Crippen MR) is 135 cm³/mol. The van der Waals surface area contributed by atoms with Gasteiger partial charge in [-0.1, -0.05) is 0 Å². The number of halogens is 2. The molecule has 0 spiro atoms. The van der Waals surface area contributed by atoms with E-state index >= 15 is 0 Å². The Morgan fingerprint density at radius 3 is 2.49 bits per heavy atom. The van der Waals surface area contributed by atoms with Crippen molar-refractivity contribution in [2.45, 2.75) is 45.6 Å². The molecule has 0 bridgehead atoms. The highest BCUT2D eigenvalue weighted by Crippen LogP contribution is 2.27. The van der Waals surface area contributed by atoms with E-state index in [0.29, 0.717) is 18.5 Å². The maximum absolute atomic E-state index is 14.3. The molecule has 0 unspecified atom stereocenters. The molecule has 3 aromatic rings. The van der Waals surface area contributed by atoms with Gasteiger partial charge in [-0.25, -0.2) is 18.7 Å². The van der Waals surface area contributed by atoms with Crippen molar-refractivity contribution in [1.82, 2.24) is 15.3 Å². The Morgan fingerprint density at radius 1 is 1.22 bits per heavy atom. The first-order chi connectivity index (χ1) is 17.8. The molecule has 198 valence electrons. The molecule has 0 aliphatic carbocycles. The Morgan fingerprint density at radius 2 is 1.89 bits per heavy atom. The van der Waals surface area contributed by atoms with Crippen LogP contribution in [0.2, 0.25) is 0 Å². The predicted octanol–water partition coefficient (Wildman–Crippen LogP) is 4.51. The van der Waals surface area contributed by atoms with Crippen LogP contribution in [0, 0.1) is 24.5 Å². The van der Waals surface area contributed by atoms with E-state index in [4.69, 9.17) is 9.15 Å². The minimum absolute atomic E-state index is 0.0437. The molecule has 1 atom stereocenters. The topological polar surface area (TPSA) is 101 Å². The number of nitrogens with zero attached hydrogens (tertiary/aromatic N) is 3. The summed E-state index contributed by atoms with van der Waals surface area (Å²) in [5.41, 5.74) is 0.162. The molecule has 1 fully saturated rings. The zero-order valence-corrected chi connectivity index (χ0v) is 21.0. The average Bonchev–Trinajstić information content (AvgIpc) is 3.32. The fourth-order valence-corrected chi connectivity index (χ4v) is 4.36. The molecule has 3 heterocycles. The minimum atomic E-state index is -1.00. The number of anilines is 1. The van der Waals surface area contributed by atoms with Gasteiger partial charge in [-0.05, 0) is 57.6 Å². The molecule has 1 amide bonds. The second kappa shape index (κ2) is 12.1. The highest BCUT2D eigenvalue weighted by atomic mass is 19.1. The lowest BCUT2D eigenvalue weighted by Crippen LogP contribution is -2.34. The first kappa shape index (κ1) is 26.5. The fraction of sp³-hybridized carbons (Fsp3) is 0.444. The summed E-state index contributed by atoms with van der Waals surface area (Å²) in [5, 5.41) is 11.5. The summed E-state index contributed by atoms with van der Waals surface area (Å²) in [6.45, 7) is 5.31. The van der Waals surface area contributed by atoms with Crippen molar-refractivity contribution < 1.29 is 27.8 Å². The van der Waals surface area contributed by atoms with Gasteiger partial charge in [0.05, 0.1) is 18.3 Å². The summed E-state index contributed by atoms with van der Waals surface area (Å²) in [6.07, 6.45) is 6.44. The molecule has 8 nitrogen and oxygen atoms in total. The van der Waals surface area contributed by atoms with Gasteiger partial charge in [0.1, 0.15) is 34.5 Å². The summed E-state index contributed by atoms with van der Waals surface area (Å²) >= 11 is 0. The van der Waals surface area contributed by atoms with Crippen LogP contribution in [0.1, 0.15) is 48.7 Å². The monoisotopic (exact) mass is 514 g/mol. The van der Waals surface area contributed by atoms with Crippen LogP contribution in [0.4, 0.5) is 14.7 Å². The lowest BCUT2D eigenvalue weighted by atomic mass is 9.92. The molecule has 0 saturated carbocycles. The van der Waals surface area contributed by atoms with Crippen molar-refractivity contribution >= 4 is 11.9 Å². The largest absolute Gasteiger partial charge is 0.493 e. The zero-order chi connectivity index (χ0) is 26.4. The van der Waals surface area contributed by atoms with Crippen LogP contribution in [0.25, 0.3) is 11.3 Å². The number of piperidine rings is 1. The number of amides is 1. The van der Waals surface area contributed by atoms with Gasteiger partial charge >= 0.3 is 0 Å². The van der Waals surface area contributed by atoms with Gasteiger partial charge in [-0.15, -0.1) is 0 Å². The fourth-order valence-electron chi connectivity index (χ4n) is 4.36. The van der Waals surface area contributed by atoms with E-state index in [-0.39, 0.29) is 12.3 Å². The van der Waals surface area contributed by atoms with Crippen molar-refractivity contribution in [2.24, 2.45) is 5.92 Å². The number of aromatic nitrogens is 2. The number of nitrogens with one attached hydrogen (secondary N) is 1. The molecule has 2 aromatic heterocycles. The third-order valence-electron chi connectivity index (χ3n) is 6.39. The molecule has 1 aliphatic heterocycles. The molecule has 1 saturated heterocycles. The van der Waals surface area contributed by atoms with Crippen molar-refractivity contribution in [3.05, 3.63) is 59.6 Å². The maximum Gasteiger partial charge on any atom is 0.257 e. The number of hydrogen-bond acceptors (Lipinski definition) is 7. The first-order valence-corrected chi connectivity index (χ1v) is 12.5. The van der Waals surface area contributed by atoms with Crippen LogP contribution in [0.3, 0.4) is 0 Å². The van der Waals surface area contributed by atoms with Gasteiger partial charge in [-0.3, -0.25) is 4.79 Å². The molecular formula is C27H32F2N4O4. The number of aryl methyl sites for hydroxylation is 1. The summed E-state index contributed by atoms with van der Waals surface area (Å²) in [7, 11) is 0. The van der Waals surface area contributed by atoms with Crippen LogP contribution < -0.4 is 15.0 Å². The number of rotatable bonds is 10. The molecule has 37 heavy (non-hydrogen) atoms. The van der Waals surface area contributed by atoms with Crippen LogP contribution in [-0.2, 0) is 0 Å². The Kier molecular flexibility index (Phi) is 8.70. The van der Waals surface area contributed by atoms with Gasteiger partial charge < -0.3 is 24.5 Å². The lowest BCUT2D eigenvalue weighted by molar-refractivity contribution is 0.0915. The number of aliphatic hydroxyl groups is 1. The first-order valence-electron chi connectivity index (χ1n) is 12.5. The third kappa shape index (κ3) is 7.03. The number of ether oxygens (including phenoxy) is 1. The number of carbonyl (C=O) groups is 1. The van der Waals surface area contributed by atoms with Gasteiger partial charge in [-0.2, -0.15) is 0 Å². The highest BCUT2D eigenvalue weighted by Gasteiger charge is 2.22. The third-order valence-corrected chi connectivity index (χ3v) is 6.39. The van der Waals surface area contributed by atoms with Gasteiger partial charge in [0.15, 0.2) is 0 Å². The quantitative estimate of drug-likeness (QED) is 0.384. The Balaban J connectivity index is 1.19. The maximum atomic E-state index is 14.3. The van der Waals surface area contributed by atoms with Crippen LogP contribution >= 0.6 is 0 Å². The molecule has 1 aromatic carbocycles. The Labute approximate surface area is 214 Å². The summed E-state index contributed by atoms with van der Waals surface area (Å²) in [5.74, 6) is -0.0353. The van der Waals surface area contributed by atoms with Crippen molar-refractivity contribution in [2.75, 3.05) is 31.1 Å². The molecule has 2 N–H and O–H groups in total. The van der Waals surface area contributed by atoms with Gasteiger partial charge in [0.2, 0.25) is 5.95 Å². The summed E-state index contributed by atoms with van der Waals surface area (Å²) < 4.78 is 39.8. The normalized spacial score (nSPS) is 15.0. The minimum Gasteiger partial charge on any atom is -0.493 e. The van der Waals surface area contributed by atoms with E-state index in [1.807, 2.05) is 19.1 Å². The Hall–Kier alpha value is -3.53. The van der Waals surface area contributed by atoms with E-state index in [1.165, 1.54) is 6.92 Å². The zero-order valence-electron chi connectivity index (χ0n) is 21.0. The lowest BCUT2D eigenvalue weighted by Gasteiger charge is -2.32. The number of benzene rings is 1.